The Labute approximate surface area is 136 Å². The molecule has 1 N–H and O–H groups in total. The number of nitrogens with one attached hydrogen (secondary N) is 1. The molecule has 1 atom stereocenters. The minimum absolute atomic E-state index is 0.195. The van der Waals surface area contributed by atoms with Crippen LogP contribution in [0.4, 0.5) is 0 Å². The van der Waals surface area contributed by atoms with E-state index in [9.17, 15) is 0 Å². The fourth-order valence-electron chi connectivity index (χ4n) is 2.60. The second kappa shape index (κ2) is 7.27. The molecule has 1 aliphatic rings. The van der Waals surface area contributed by atoms with Gasteiger partial charge >= 0.3 is 0 Å². The molecule has 0 unspecified atom stereocenters. The van der Waals surface area contributed by atoms with Gasteiger partial charge in [-0.3, -0.25) is 0 Å². The second-order valence-electron chi connectivity index (χ2n) is 5.84. The molecule has 0 saturated carbocycles. The molecule has 0 spiro atoms. The molecule has 0 amide bonds. The predicted molar refractivity (Wildman–Crippen MR) is 90.6 cm³/mol. The molecule has 1 aromatic heterocycles. The lowest BCUT2D eigenvalue weighted by Crippen LogP contribution is -2.19. The van der Waals surface area contributed by atoms with Gasteiger partial charge in [-0.15, -0.1) is 11.3 Å². The second-order valence-corrected chi connectivity index (χ2v) is 6.85. The summed E-state index contributed by atoms with van der Waals surface area (Å²) in [5, 5.41) is 5.67. The molecule has 2 aromatic rings. The molecule has 0 radical (unpaired) electrons. The summed E-state index contributed by atoms with van der Waals surface area (Å²) in [5.74, 6) is 0.992. The monoisotopic (exact) mass is 317 g/mol. The Balaban J connectivity index is 1.63. The molecule has 1 saturated heterocycles. The lowest BCUT2D eigenvalue weighted by atomic mass is 10.1. The highest BCUT2D eigenvalue weighted by Gasteiger charge is 2.18. The molecule has 1 fully saturated rings. The van der Waals surface area contributed by atoms with Crippen LogP contribution in [0, 0.1) is 13.8 Å². The van der Waals surface area contributed by atoms with Gasteiger partial charge in [0.2, 0.25) is 0 Å². The Bertz CT molecular complexity index is 617. The molecule has 1 aromatic carbocycles. The maximum Gasteiger partial charge on any atom is 0.124 e. The van der Waals surface area contributed by atoms with Crippen LogP contribution in [0.25, 0.3) is 0 Å². The summed E-state index contributed by atoms with van der Waals surface area (Å²) in [7, 11) is 0. The highest BCUT2D eigenvalue weighted by molar-refractivity contribution is 7.10. The van der Waals surface area contributed by atoms with Crippen molar-refractivity contribution in [1.82, 2.24) is 5.32 Å². The quantitative estimate of drug-likeness (QED) is 0.878. The first kappa shape index (κ1) is 15.5. The Morgan fingerprint density at radius 3 is 2.91 bits per heavy atom. The van der Waals surface area contributed by atoms with Gasteiger partial charge in [0, 0.05) is 30.0 Å². The number of aryl methyl sites for hydroxylation is 2. The van der Waals surface area contributed by atoms with Crippen molar-refractivity contribution < 1.29 is 9.47 Å². The van der Waals surface area contributed by atoms with Gasteiger partial charge in [0.25, 0.3) is 0 Å². The molecule has 22 heavy (non-hydrogen) atoms. The molecule has 0 aliphatic carbocycles. The number of benzene rings is 1. The number of rotatable bonds is 6. The molecule has 3 nitrogen and oxygen atoms in total. The Hall–Kier alpha value is -1.36. The topological polar surface area (TPSA) is 30.5 Å². The van der Waals surface area contributed by atoms with E-state index in [0.717, 1.165) is 31.9 Å². The summed E-state index contributed by atoms with van der Waals surface area (Å²) in [6.07, 6.45) is 1.18. The predicted octanol–water partition coefficient (Wildman–Crippen LogP) is 3.82. The van der Waals surface area contributed by atoms with E-state index < -0.39 is 0 Å². The van der Waals surface area contributed by atoms with E-state index in [1.165, 1.54) is 21.6 Å². The zero-order valence-corrected chi connectivity index (χ0v) is 14.0. The summed E-state index contributed by atoms with van der Waals surface area (Å²) in [5.41, 5.74) is 3.81. The minimum Gasteiger partial charge on any atom is -0.488 e. The molecule has 3 rings (SSSR count). The first-order valence-electron chi connectivity index (χ1n) is 7.80. The first-order valence-corrected chi connectivity index (χ1v) is 8.68. The van der Waals surface area contributed by atoms with Gasteiger partial charge in [0.15, 0.2) is 0 Å². The van der Waals surface area contributed by atoms with Crippen LogP contribution in [0.1, 0.15) is 28.0 Å². The smallest absolute Gasteiger partial charge is 0.124 e. The largest absolute Gasteiger partial charge is 0.488 e. The van der Waals surface area contributed by atoms with E-state index in [1.807, 2.05) is 11.3 Å². The Morgan fingerprint density at radius 2 is 2.18 bits per heavy atom. The summed E-state index contributed by atoms with van der Waals surface area (Å²) in [6, 6.07) is 8.61. The number of hydrogen-bond donors (Lipinski definition) is 1. The van der Waals surface area contributed by atoms with Crippen LogP contribution in [-0.4, -0.2) is 19.3 Å². The average Bonchev–Trinajstić information content (AvgIpc) is 3.14. The van der Waals surface area contributed by atoms with Gasteiger partial charge in [-0.2, -0.15) is 0 Å². The zero-order chi connectivity index (χ0) is 15.4. The van der Waals surface area contributed by atoms with Crippen LogP contribution < -0.4 is 10.1 Å². The molecule has 1 aliphatic heterocycles. The fraction of sp³-hybridized carbons (Fsp3) is 0.444. The summed E-state index contributed by atoms with van der Waals surface area (Å²) in [4.78, 5) is 1.40. The van der Waals surface area contributed by atoms with E-state index in [2.05, 4.69) is 48.8 Å². The molecular weight excluding hydrogens is 294 g/mol. The maximum absolute atomic E-state index is 6.14. The van der Waals surface area contributed by atoms with Crippen LogP contribution in [0.15, 0.2) is 29.6 Å². The van der Waals surface area contributed by atoms with E-state index in [4.69, 9.17) is 9.47 Å². The van der Waals surface area contributed by atoms with Gasteiger partial charge in [0.1, 0.15) is 11.9 Å². The lowest BCUT2D eigenvalue weighted by molar-refractivity contribution is 0.140. The molecule has 4 heteroatoms. The van der Waals surface area contributed by atoms with Gasteiger partial charge in [0.05, 0.1) is 13.2 Å². The van der Waals surface area contributed by atoms with E-state index in [1.54, 1.807) is 0 Å². The van der Waals surface area contributed by atoms with Crippen LogP contribution in [0.2, 0.25) is 0 Å². The van der Waals surface area contributed by atoms with Crippen LogP contribution in [0.5, 0.6) is 5.75 Å². The third-order valence-corrected chi connectivity index (χ3v) is 5.00. The number of ether oxygens (including phenoxy) is 2. The van der Waals surface area contributed by atoms with E-state index in [-0.39, 0.29) is 6.10 Å². The SMILES string of the molecule is Cc1ccc(CNCc2sccc2C)c(O[C@@H]2CCOC2)c1. The third-order valence-electron chi connectivity index (χ3n) is 3.97. The van der Waals surface area contributed by atoms with Crippen molar-refractivity contribution in [3.63, 3.8) is 0 Å². The molecule has 0 bridgehead atoms. The standard InChI is InChI=1S/C18H23NO2S/c1-13-3-4-15(10-19-11-18-14(2)6-8-22-18)17(9-13)21-16-5-7-20-12-16/h3-4,6,8-9,16,19H,5,7,10-12H2,1-2H3/t16-/m1/s1. The van der Waals surface area contributed by atoms with Gasteiger partial charge < -0.3 is 14.8 Å². The number of hydrogen-bond acceptors (Lipinski definition) is 4. The summed E-state index contributed by atoms with van der Waals surface area (Å²) in [6.45, 7) is 7.50. The Kier molecular flexibility index (Phi) is 5.13. The first-order chi connectivity index (χ1) is 10.7. The van der Waals surface area contributed by atoms with Crippen molar-refractivity contribution >= 4 is 11.3 Å². The highest BCUT2D eigenvalue weighted by atomic mass is 32.1. The van der Waals surface area contributed by atoms with Gasteiger partial charge in [-0.1, -0.05) is 12.1 Å². The van der Waals surface area contributed by atoms with Crippen molar-refractivity contribution in [1.29, 1.82) is 0 Å². The Morgan fingerprint density at radius 1 is 1.27 bits per heavy atom. The lowest BCUT2D eigenvalue weighted by Gasteiger charge is -2.17. The van der Waals surface area contributed by atoms with Crippen LogP contribution in [0.3, 0.4) is 0 Å². The normalized spacial score (nSPS) is 17.8. The molecule has 118 valence electrons. The summed E-state index contributed by atoms with van der Waals surface area (Å²) >= 11 is 1.81. The fourth-order valence-corrected chi connectivity index (χ4v) is 3.47. The van der Waals surface area contributed by atoms with Gasteiger partial charge in [-0.05, 0) is 42.5 Å². The molecular formula is C18H23NO2S. The summed E-state index contributed by atoms with van der Waals surface area (Å²) < 4.78 is 11.5. The van der Waals surface area contributed by atoms with Gasteiger partial charge in [-0.25, -0.2) is 0 Å². The van der Waals surface area contributed by atoms with E-state index in [0.29, 0.717) is 6.61 Å². The highest BCUT2D eigenvalue weighted by Crippen LogP contribution is 2.24. The van der Waals surface area contributed by atoms with Crippen LogP contribution >= 0.6 is 11.3 Å². The van der Waals surface area contributed by atoms with E-state index >= 15 is 0 Å². The van der Waals surface area contributed by atoms with Crippen molar-refractivity contribution in [3.05, 3.63) is 51.2 Å². The van der Waals surface area contributed by atoms with Crippen molar-refractivity contribution in [2.24, 2.45) is 0 Å². The average molecular weight is 317 g/mol. The minimum atomic E-state index is 0.195. The van der Waals surface area contributed by atoms with Crippen molar-refractivity contribution in [2.45, 2.75) is 39.5 Å². The maximum atomic E-state index is 6.14. The van der Waals surface area contributed by atoms with Crippen molar-refractivity contribution in [3.8, 4) is 5.75 Å². The van der Waals surface area contributed by atoms with Crippen LogP contribution in [-0.2, 0) is 17.8 Å². The molecule has 2 heterocycles. The third kappa shape index (κ3) is 3.88. The van der Waals surface area contributed by atoms with Crippen molar-refractivity contribution in [2.75, 3.05) is 13.2 Å². The zero-order valence-electron chi connectivity index (χ0n) is 13.2. The number of thiophene rings is 1.